The molecule has 0 saturated carbocycles. The zero-order valence-electron chi connectivity index (χ0n) is 15.3. The van der Waals surface area contributed by atoms with Gasteiger partial charge in [0, 0.05) is 43.8 Å². The van der Waals surface area contributed by atoms with Crippen LogP contribution in [0.2, 0.25) is 0 Å². The lowest BCUT2D eigenvalue weighted by Crippen LogP contribution is -2.43. The number of aryl methyl sites for hydroxylation is 2. The second kappa shape index (κ2) is 7.02. The molecular weight excluding hydrogens is 312 g/mol. The summed E-state index contributed by atoms with van der Waals surface area (Å²) in [5.74, 6) is 0. The third kappa shape index (κ3) is 3.10. The fourth-order valence-electron chi connectivity index (χ4n) is 3.53. The average Bonchev–Trinajstić information content (AvgIpc) is 2.90. The van der Waals surface area contributed by atoms with Gasteiger partial charge in [0.2, 0.25) is 0 Å². The Morgan fingerprint density at radius 1 is 1.12 bits per heavy atom. The van der Waals surface area contributed by atoms with E-state index in [0.29, 0.717) is 6.04 Å². The third-order valence-corrected chi connectivity index (χ3v) is 5.90. The molecule has 0 amide bonds. The van der Waals surface area contributed by atoms with Gasteiger partial charge in [-0.3, -0.25) is 0 Å². The van der Waals surface area contributed by atoms with Gasteiger partial charge in [-0.2, -0.15) is 4.57 Å². The highest BCUT2D eigenvalue weighted by atomic mass is 32.2. The number of thioether (sulfide) groups is 1. The van der Waals surface area contributed by atoms with Crippen LogP contribution >= 0.6 is 11.8 Å². The van der Waals surface area contributed by atoms with Gasteiger partial charge >= 0.3 is 0 Å². The van der Waals surface area contributed by atoms with Gasteiger partial charge in [-0.1, -0.05) is 30.8 Å². The van der Waals surface area contributed by atoms with E-state index in [1.165, 1.54) is 32.6 Å². The van der Waals surface area contributed by atoms with Crippen LogP contribution in [0.4, 0.5) is 5.69 Å². The molecule has 0 spiro atoms. The summed E-state index contributed by atoms with van der Waals surface area (Å²) in [5, 5.41) is 1.32. The monoisotopic (exact) mass is 339 g/mol. The van der Waals surface area contributed by atoms with Crippen LogP contribution in [-0.2, 0) is 0 Å². The van der Waals surface area contributed by atoms with E-state index in [0.717, 1.165) is 13.0 Å². The molecule has 1 aliphatic heterocycles. The van der Waals surface area contributed by atoms with Crippen LogP contribution in [0.15, 0.2) is 46.3 Å². The van der Waals surface area contributed by atoms with Crippen LogP contribution in [0.25, 0.3) is 6.08 Å². The van der Waals surface area contributed by atoms with Crippen molar-refractivity contribution < 1.29 is 4.57 Å². The molecule has 0 radical (unpaired) electrons. The Bertz CT molecular complexity index is 756. The van der Waals surface area contributed by atoms with Gasteiger partial charge in [-0.25, -0.2) is 0 Å². The number of para-hydroxylation sites is 1. The van der Waals surface area contributed by atoms with Crippen LogP contribution in [0, 0.1) is 13.8 Å². The minimum atomic E-state index is 0.545. The van der Waals surface area contributed by atoms with Gasteiger partial charge in [0.05, 0.1) is 10.7 Å². The molecule has 0 aliphatic carbocycles. The van der Waals surface area contributed by atoms with Gasteiger partial charge in [0.25, 0.3) is 0 Å². The first kappa shape index (κ1) is 17.1. The molecule has 0 bridgehead atoms. The molecule has 1 aromatic carbocycles. The van der Waals surface area contributed by atoms with Crippen LogP contribution in [0.3, 0.4) is 0 Å². The SMILES string of the molecule is CC[C@@H](C)[n+]1c(C)cc(C=C2Sc3ccccc3N2CC)cc1C. The van der Waals surface area contributed by atoms with E-state index in [2.05, 4.69) is 86.6 Å². The van der Waals surface area contributed by atoms with Crippen molar-refractivity contribution in [3.8, 4) is 0 Å². The van der Waals surface area contributed by atoms with E-state index >= 15 is 0 Å². The quantitative estimate of drug-likeness (QED) is 0.680. The highest BCUT2D eigenvalue weighted by molar-refractivity contribution is 8.03. The van der Waals surface area contributed by atoms with Crippen LogP contribution < -0.4 is 9.47 Å². The third-order valence-electron chi connectivity index (χ3n) is 4.79. The van der Waals surface area contributed by atoms with Crippen molar-refractivity contribution >= 4 is 23.5 Å². The fraction of sp³-hybridized carbons (Fsp3) is 0.381. The molecule has 1 aliphatic rings. The molecule has 3 heteroatoms. The molecule has 3 rings (SSSR count). The molecule has 0 saturated heterocycles. The predicted molar refractivity (Wildman–Crippen MR) is 104 cm³/mol. The van der Waals surface area contributed by atoms with E-state index in [-0.39, 0.29) is 0 Å². The van der Waals surface area contributed by atoms with Gasteiger partial charge in [0.15, 0.2) is 17.4 Å². The minimum Gasteiger partial charge on any atom is -0.335 e. The lowest BCUT2D eigenvalue weighted by Gasteiger charge is -2.18. The Kier molecular flexibility index (Phi) is 5.00. The summed E-state index contributed by atoms with van der Waals surface area (Å²) in [7, 11) is 0. The molecule has 24 heavy (non-hydrogen) atoms. The van der Waals surface area contributed by atoms with E-state index in [9.17, 15) is 0 Å². The van der Waals surface area contributed by atoms with Crippen molar-refractivity contribution in [3.05, 3.63) is 58.4 Å². The van der Waals surface area contributed by atoms with Crippen LogP contribution in [0.1, 0.15) is 50.2 Å². The number of pyridine rings is 1. The Labute approximate surface area is 150 Å². The number of benzene rings is 1. The number of nitrogens with zero attached hydrogens (tertiary/aromatic N) is 2. The maximum absolute atomic E-state index is 2.44. The Morgan fingerprint density at radius 3 is 2.42 bits per heavy atom. The van der Waals surface area contributed by atoms with Crippen molar-refractivity contribution in [2.45, 2.75) is 52.0 Å². The summed E-state index contributed by atoms with van der Waals surface area (Å²) in [5.41, 5.74) is 5.29. The van der Waals surface area contributed by atoms with Crippen LogP contribution in [-0.4, -0.2) is 6.54 Å². The molecule has 2 aromatic rings. The zero-order valence-corrected chi connectivity index (χ0v) is 16.2. The molecule has 0 unspecified atom stereocenters. The number of anilines is 1. The maximum Gasteiger partial charge on any atom is 0.179 e. The van der Waals surface area contributed by atoms with Gasteiger partial charge in [-0.15, -0.1) is 0 Å². The number of fused-ring (bicyclic) bond motifs is 1. The lowest BCUT2D eigenvalue weighted by molar-refractivity contribution is -0.730. The van der Waals surface area contributed by atoms with E-state index in [1.807, 2.05) is 11.8 Å². The first-order chi connectivity index (χ1) is 11.5. The summed E-state index contributed by atoms with van der Waals surface area (Å²) in [6, 6.07) is 13.8. The van der Waals surface area contributed by atoms with Crippen molar-refractivity contribution in [2.75, 3.05) is 11.4 Å². The molecule has 126 valence electrons. The number of hydrogen-bond donors (Lipinski definition) is 0. The minimum absolute atomic E-state index is 0.545. The lowest BCUT2D eigenvalue weighted by atomic mass is 10.1. The summed E-state index contributed by atoms with van der Waals surface area (Å²) >= 11 is 1.87. The molecule has 1 aromatic heterocycles. The Balaban J connectivity index is 1.98. The second-order valence-electron chi connectivity index (χ2n) is 6.50. The van der Waals surface area contributed by atoms with Gasteiger partial charge < -0.3 is 4.90 Å². The second-order valence-corrected chi connectivity index (χ2v) is 7.56. The molecule has 1 atom stereocenters. The fourth-order valence-corrected chi connectivity index (χ4v) is 4.72. The number of hydrogen-bond acceptors (Lipinski definition) is 2. The first-order valence-corrected chi connectivity index (χ1v) is 9.65. The van der Waals surface area contributed by atoms with E-state index in [4.69, 9.17) is 0 Å². The van der Waals surface area contributed by atoms with Gasteiger partial charge in [-0.05, 0) is 37.6 Å². The van der Waals surface area contributed by atoms with Crippen molar-refractivity contribution in [1.82, 2.24) is 0 Å². The normalized spacial score (nSPS) is 16.5. The van der Waals surface area contributed by atoms with Crippen molar-refractivity contribution in [3.63, 3.8) is 0 Å². The predicted octanol–water partition coefficient (Wildman–Crippen LogP) is 5.49. The first-order valence-electron chi connectivity index (χ1n) is 8.84. The standard InChI is InChI=1S/C21H27N2S/c1-6-15(3)23-16(4)12-18(13-17(23)5)14-21-22(7-2)19-10-8-9-11-20(19)24-21/h8-15H,6-7H2,1-5H3/q+1/t15-/m1/s1. The van der Waals surface area contributed by atoms with Crippen molar-refractivity contribution in [1.29, 1.82) is 0 Å². The molecule has 2 nitrogen and oxygen atoms in total. The molecule has 2 heterocycles. The smallest absolute Gasteiger partial charge is 0.179 e. The van der Waals surface area contributed by atoms with E-state index in [1.54, 1.807) is 0 Å². The molecule has 0 N–H and O–H groups in total. The number of aromatic nitrogens is 1. The summed E-state index contributed by atoms with van der Waals surface area (Å²) in [6.07, 6.45) is 3.48. The van der Waals surface area contributed by atoms with Crippen LogP contribution in [0.5, 0.6) is 0 Å². The average molecular weight is 340 g/mol. The largest absolute Gasteiger partial charge is 0.335 e. The highest BCUT2D eigenvalue weighted by Gasteiger charge is 2.24. The van der Waals surface area contributed by atoms with Crippen molar-refractivity contribution in [2.24, 2.45) is 0 Å². The maximum atomic E-state index is 2.44. The number of rotatable bonds is 4. The van der Waals surface area contributed by atoms with Gasteiger partial charge in [0.1, 0.15) is 0 Å². The highest BCUT2D eigenvalue weighted by Crippen LogP contribution is 2.46. The topological polar surface area (TPSA) is 7.12 Å². The van der Waals surface area contributed by atoms with E-state index < -0.39 is 0 Å². The molecular formula is C21H27N2S+. The molecule has 0 fully saturated rings. The summed E-state index contributed by atoms with van der Waals surface area (Å²) in [6.45, 7) is 12.2. The zero-order chi connectivity index (χ0) is 17.3. The Morgan fingerprint density at radius 2 is 1.79 bits per heavy atom. The summed E-state index contributed by atoms with van der Waals surface area (Å²) < 4.78 is 2.44. The Hall–Kier alpha value is -1.74. The summed E-state index contributed by atoms with van der Waals surface area (Å²) in [4.78, 5) is 3.75.